The van der Waals surface area contributed by atoms with Gasteiger partial charge in [0.25, 0.3) is 0 Å². The predicted molar refractivity (Wildman–Crippen MR) is 64.1 cm³/mol. The van der Waals surface area contributed by atoms with E-state index in [1.807, 2.05) is 31.2 Å². The first-order valence-corrected chi connectivity index (χ1v) is 5.47. The number of nitrogens with two attached hydrogens (primary N) is 1. The normalized spacial score (nSPS) is 17.1. The van der Waals surface area contributed by atoms with Crippen LogP contribution in [0.3, 0.4) is 0 Å². The molecule has 0 fully saturated rings. The Morgan fingerprint density at radius 1 is 1.40 bits per heavy atom. The lowest BCUT2D eigenvalue weighted by atomic mass is 9.88. The molecule has 0 amide bonds. The number of methoxy groups -OCH3 is 1. The Balaban J connectivity index is 2.92. The number of hydrogen-bond acceptors (Lipinski definition) is 2. The molecule has 1 aromatic carbocycles. The van der Waals surface area contributed by atoms with E-state index in [9.17, 15) is 0 Å². The number of rotatable bonds is 4. The molecule has 0 heterocycles. The van der Waals surface area contributed by atoms with Crippen LogP contribution in [0.5, 0.6) is 0 Å². The minimum absolute atomic E-state index is 0.134. The van der Waals surface area contributed by atoms with Crippen LogP contribution in [-0.4, -0.2) is 12.7 Å². The Labute approximate surface area is 96.4 Å². The fourth-order valence-electron chi connectivity index (χ4n) is 1.51. The molecule has 0 saturated heterocycles. The van der Waals surface area contributed by atoms with Crippen LogP contribution >= 0.6 is 11.6 Å². The van der Waals surface area contributed by atoms with Gasteiger partial charge in [0, 0.05) is 12.1 Å². The Kier molecular flexibility index (Phi) is 4.14. The predicted octanol–water partition coefficient (Wildman–Crippen LogP) is 3.15. The summed E-state index contributed by atoms with van der Waals surface area (Å²) in [5.41, 5.74) is 6.90. The third-order valence-corrected chi connectivity index (χ3v) is 3.31. The fraction of sp³-hybridized carbons (Fsp3) is 0.500. The van der Waals surface area contributed by atoms with E-state index in [0.717, 1.165) is 17.0 Å². The highest BCUT2D eigenvalue weighted by Crippen LogP contribution is 2.29. The first-order valence-electron chi connectivity index (χ1n) is 5.09. The molecule has 0 bridgehead atoms. The van der Waals surface area contributed by atoms with Gasteiger partial charge in [-0.15, -0.1) is 0 Å². The van der Waals surface area contributed by atoms with E-state index in [0.29, 0.717) is 0 Å². The number of ether oxygens (including phenoxy) is 1. The van der Waals surface area contributed by atoms with Gasteiger partial charge in [-0.2, -0.15) is 0 Å². The number of halogens is 1. The number of benzene rings is 1. The summed E-state index contributed by atoms with van der Waals surface area (Å²) in [6, 6.07) is 7.45. The molecule has 0 aromatic heterocycles. The quantitative estimate of drug-likeness (QED) is 0.858. The molecule has 2 N–H and O–H groups in total. The van der Waals surface area contributed by atoms with Gasteiger partial charge in [0.05, 0.1) is 11.6 Å². The van der Waals surface area contributed by atoms with Crippen LogP contribution in [0.1, 0.15) is 31.9 Å². The third-order valence-electron chi connectivity index (χ3n) is 3.06. The zero-order valence-corrected chi connectivity index (χ0v) is 10.2. The minimum Gasteiger partial charge on any atom is -0.377 e. The van der Waals surface area contributed by atoms with Crippen LogP contribution in [0, 0.1) is 0 Å². The summed E-state index contributed by atoms with van der Waals surface area (Å²) in [7, 11) is 1.69. The second kappa shape index (κ2) is 4.97. The maximum atomic E-state index is 6.18. The second-order valence-corrected chi connectivity index (χ2v) is 4.34. The van der Waals surface area contributed by atoms with E-state index in [2.05, 4.69) is 6.92 Å². The molecule has 15 heavy (non-hydrogen) atoms. The van der Waals surface area contributed by atoms with Crippen molar-refractivity contribution >= 4 is 11.6 Å². The van der Waals surface area contributed by atoms with Crippen molar-refractivity contribution in [3.05, 3.63) is 34.9 Å². The molecule has 0 aliphatic heterocycles. The van der Waals surface area contributed by atoms with Gasteiger partial charge in [0.1, 0.15) is 0 Å². The van der Waals surface area contributed by atoms with Gasteiger partial charge in [-0.1, -0.05) is 30.7 Å². The lowest BCUT2D eigenvalue weighted by molar-refractivity contribution is -0.0194. The molecule has 2 nitrogen and oxygen atoms in total. The molecule has 0 radical (unpaired) electrons. The Morgan fingerprint density at radius 3 is 2.33 bits per heavy atom. The smallest absolute Gasteiger partial charge is 0.0839 e. The van der Waals surface area contributed by atoms with Crippen molar-refractivity contribution in [1.82, 2.24) is 0 Å². The standard InChI is InChI=1S/C12H18ClNO/c1-4-12(2,15-3)11(14)9-5-7-10(13)8-6-9/h5-8,11H,4,14H2,1-3H3. The van der Waals surface area contributed by atoms with E-state index in [1.165, 1.54) is 0 Å². The SMILES string of the molecule is CCC(C)(OC)C(N)c1ccc(Cl)cc1. The summed E-state index contributed by atoms with van der Waals surface area (Å²) in [6.07, 6.45) is 0.868. The first-order chi connectivity index (χ1) is 7.03. The Bertz CT molecular complexity index is 306. The van der Waals surface area contributed by atoms with Gasteiger partial charge in [0.2, 0.25) is 0 Å². The first kappa shape index (κ1) is 12.5. The van der Waals surface area contributed by atoms with Gasteiger partial charge in [-0.3, -0.25) is 0 Å². The van der Waals surface area contributed by atoms with Crippen molar-refractivity contribution in [3.8, 4) is 0 Å². The minimum atomic E-state index is -0.326. The summed E-state index contributed by atoms with van der Waals surface area (Å²) in [5.74, 6) is 0. The average Bonchev–Trinajstić information content (AvgIpc) is 2.28. The lowest BCUT2D eigenvalue weighted by Crippen LogP contribution is -2.39. The highest BCUT2D eigenvalue weighted by Gasteiger charge is 2.30. The summed E-state index contributed by atoms with van der Waals surface area (Å²) in [5, 5.41) is 0.724. The summed E-state index contributed by atoms with van der Waals surface area (Å²) in [6.45, 7) is 4.09. The van der Waals surface area contributed by atoms with Crippen LogP contribution in [0.25, 0.3) is 0 Å². The van der Waals surface area contributed by atoms with E-state index in [1.54, 1.807) is 7.11 Å². The van der Waals surface area contributed by atoms with Gasteiger partial charge < -0.3 is 10.5 Å². The molecule has 1 aromatic rings. The maximum Gasteiger partial charge on any atom is 0.0839 e. The van der Waals surface area contributed by atoms with Crippen molar-refractivity contribution in [2.24, 2.45) is 5.73 Å². The monoisotopic (exact) mass is 227 g/mol. The second-order valence-electron chi connectivity index (χ2n) is 3.90. The highest BCUT2D eigenvalue weighted by atomic mass is 35.5. The van der Waals surface area contributed by atoms with Crippen molar-refractivity contribution in [1.29, 1.82) is 0 Å². The fourth-order valence-corrected chi connectivity index (χ4v) is 1.64. The number of hydrogen-bond donors (Lipinski definition) is 1. The molecule has 3 heteroatoms. The van der Waals surface area contributed by atoms with E-state index < -0.39 is 0 Å². The van der Waals surface area contributed by atoms with Crippen molar-refractivity contribution < 1.29 is 4.74 Å². The molecule has 84 valence electrons. The zero-order chi connectivity index (χ0) is 11.5. The van der Waals surface area contributed by atoms with Crippen LogP contribution in [0.2, 0.25) is 5.02 Å². The highest BCUT2D eigenvalue weighted by molar-refractivity contribution is 6.30. The molecule has 0 aliphatic rings. The molecule has 1 rings (SSSR count). The van der Waals surface area contributed by atoms with Crippen LogP contribution in [0.15, 0.2) is 24.3 Å². The van der Waals surface area contributed by atoms with Gasteiger partial charge in [-0.05, 0) is 31.0 Å². The van der Waals surface area contributed by atoms with Crippen molar-refractivity contribution in [2.75, 3.05) is 7.11 Å². The topological polar surface area (TPSA) is 35.2 Å². The van der Waals surface area contributed by atoms with Crippen LogP contribution in [-0.2, 0) is 4.74 Å². The van der Waals surface area contributed by atoms with Gasteiger partial charge >= 0.3 is 0 Å². The molecule has 0 aliphatic carbocycles. The van der Waals surface area contributed by atoms with Gasteiger partial charge in [-0.25, -0.2) is 0 Å². The van der Waals surface area contributed by atoms with E-state index in [-0.39, 0.29) is 11.6 Å². The zero-order valence-electron chi connectivity index (χ0n) is 9.46. The molecule has 0 saturated carbocycles. The van der Waals surface area contributed by atoms with Crippen LogP contribution < -0.4 is 5.73 Å². The molecular formula is C12H18ClNO. The maximum absolute atomic E-state index is 6.18. The largest absolute Gasteiger partial charge is 0.377 e. The summed E-state index contributed by atoms with van der Waals surface area (Å²) < 4.78 is 5.48. The van der Waals surface area contributed by atoms with Crippen molar-refractivity contribution in [3.63, 3.8) is 0 Å². The summed E-state index contributed by atoms with van der Waals surface area (Å²) >= 11 is 5.83. The molecule has 2 atom stereocenters. The summed E-state index contributed by atoms with van der Waals surface area (Å²) in [4.78, 5) is 0. The Morgan fingerprint density at radius 2 is 1.93 bits per heavy atom. The third kappa shape index (κ3) is 2.71. The van der Waals surface area contributed by atoms with Crippen LogP contribution in [0.4, 0.5) is 0 Å². The van der Waals surface area contributed by atoms with Crippen molar-refractivity contribution in [2.45, 2.75) is 31.9 Å². The lowest BCUT2D eigenvalue weighted by Gasteiger charge is -2.33. The molecular weight excluding hydrogens is 210 g/mol. The Hall–Kier alpha value is -0.570. The van der Waals surface area contributed by atoms with E-state index >= 15 is 0 Å². The molecule has 0 spiro atoms. The average molecular weight is 228 g/mol. The van der Waals surface area contributed by atoms with Gasteiger partial charge in [0.15, 0.2) is 0 Å². The van der Waals surface area contributed by atoms with E-state index in [4.69, 9.17) is 22.1 Å². The molecule has 2 unspecified atom stereocenters.